The Morgan fingerprint density at radius 3 is 1.85 bits per heavy atom. The lowest BCUT2D eigenvalue weighted by Crippen LogP contribution is -3.00. The third kappa shape index (κ3) is 0.876. The fourth-order valence-corrected chi connectivity index (χ4v) is 9.52. The van der Waals surface area contributed by atoms with Gasteiger partial charge in [-0.3, -0.25) is 0 Å². The molecular weight excluding hydrogens is 326 g/mol. The van der Waals surface area contributed by atoms with E-state index in [1.54, 1.807) is 0 Å². The molecule has 5 aliphatic carbocycles. The summed E-state index contributed by atoms with van der Waals surface area (Å²) in [5.41, 5.74) is 1.22. The molecule has 5 fully saturated rings. The minimum absolute atomic E-state index is 0.101. The quantitative estimate of drug-likeness (QED) is 0.795. The predicted octanol–water partition coefficient (Wildman–Crippen LogP) is 2.35. The normalized spacial score (nSPS) is 50.2. The Bertz CT molecular complexity index is 1060. The van der Waals surface area contributed by atoms with Crippen LogP contribution < -0.4 is 11.4 Å². The number of para-hydroxylation sites is 1. The number of nitrogens with zero attached hydrogens (tertiary/aromatic N) is 3. The Balaban J connectivity index is 1.44. The molecule has 0 radical (unpaired) electrons. The molecule has 0 unspecified atom stereocenters. The molecule has 2 bridgehead atoms. The molecule has 3 heterocycles. The highest BCUT2D eigenvalue weighted by Gasteiger charge is 3.02. The molecule has 2 aromatic rings. The third-order valence-corrected chi connectivity index (χ3v) is 9.73. The van der Waals surface area contributed by atoms with Gasteiger partial charge in [0, 0.05) is 10.8 Å². The van der Waals surface area contributed by atoms with E-state index in [1.165, 1.54) is 36.7 Å². The fraction of sp³-hybridized carbons (Fsp3) is 0.619. The van der Waals surface area contributed by atoms with Gasteiger partial charge < -0.3 is 0 Å². The molecule has 1 aromatic carbocycles. The Kier molecular flexibility index (Phi) is 1.79. The van der Waals surface area contributed by atoms with Crippen LogP contribution >= 0.6 is 0 Å². The van der Waals surface area contributed by atoms with Gasteiger partial charge in [-0.05, 0) is 48.6 Å². The van der Waals surface area contributed by atoms with E-state index in [4.69, 9.17) is 0 Å². The number of rotatable bonds is 1. The minimum Gasteiger partial charge on any atom is -0.245 e. The third-order valence-electron chi connectivity index (χ3n) is 9.73. The van der Waals surface area contributed by atoms with Crippen molar-refractivity contribution in [2.75, 3.05) is 0 Å². The van der Waals surface area contributed by atoms with Crippen molar-refractivity contribution >= 4 is 0 Å². The van der Waals surface area contributed by atoms with Crippen molar-refractivity contribution in [3.8, 4) is 5.69 Å². The van der Waals surface area contributed by atoms with Crippen molar-refractivity contribution < 1.29 is 0 Å². The summed E-state index contributed by atoms with van der Waals surface area (Å²) in [6, 6.07) is 10.1. The first-order valence-corrected chi connectivity index (χ1v) is 10.3. The molecule has 5 nitrogen and oxygen atoms in total. The maximum Gasteiger partial charge on any atom is 0.352 e. The van der Waals surface area contributed by atoms with Crippen LogP contribution in [0.2, 0.25) is 0 Å². The number of benzene rings is 1. The second kappa shape index (κ2) is 3.54. The van der Waals surface area contributed by atoms with Gasteiger partial charge in [-0.15, -0.1) is 0 Å². The molecule has 8 atom stereocenters. The van der Waals surface area contributed by atoms with Gasteiger partial charge in [-0.2, -0.15) is 0 Å². The summed E-state index contributed by atoms with van der Waals surface area (Å²) in [6.45, 7) is 0. The molecule has 0 N–H and O–H groups in total. The summed E-state index contributed by atoms with van der Waals surface area (Å²) in [7, 11) is 0. The van der Waals surface area contributed by atoms with E-state index in [0.29, 0.717) is 40.4 Å². The van der Waals surface area contributed by atoms with Crippen molar-refractivity contribution in [2.45, 2.75) is 44.2 Å². The zero-order chi connectivity index (χ0) is 17.0. The second-order valence-electron chi connectivity index (χ2n) is 9.66. The highest BCUT2D eigenvalue weighted by atomic mass is 16.2. The van der Waals surface area contributed by atoms with E-state index in [1.807, 2.05) is 39.7 Å². The van der Waals surface area contributed by atoms with Gasteiger partial charge in [0.05, 0.1) is 17.8 Å². The molecule has 132 valence electrons. The monoisotopic (exact) mass is 347 g/mol. The molecule has 0 amide bonds. The molecule has 5 saturated carbocycles. The van der Waals surface area contributed by atoms with E-state index < -0.39 is 0 Å². The maximum absolute atomic E-state index is 13.4. The first kappa shape index (κ1) is 13.2. The standard InChI is InChI=1S/C21H21N3O2/c25-18-22(11-7-3-1-4-8-11)19(26)24-17-13-12-14-15(13)21(17)10-6-2-5-9-20(14,21)16(12)23(18)24/h1,3-4,7-8,12-17H,2,5-6,9-10H2/t12-,13-,14-,15-,16+,17+,20+,21+/m1/s1. The van der Waals surface area contributed by atoms with Gasteiger partial charge >= 0.3 is 11.4 Å². The summed E-state index contributed by atoms with van der Waals surface area (Å²) in [4.78, 5) is 26.8. The van der Waals surface area contributed by atoms with E-state index in [-0.39, 0.29) is 11.4 Å². The van der Waals surface area contributed by atoms with Gasteiger partial charge in [0.1, 0.15) is 0 Å². The SMILES string of the molecule is O=c1n(-c2ccccc2)c(=O)n2n1[C@H]1[C@@H]3[C@@H]4[C@@H]5[C@@H]3[C@@]13CCCCC[C@@]53[C@H]42. The summed E-state index contributed by atoms with van der Waals surface area (Å²) >= 11 is 0. The Hall–Kier alpha value is -2.04. The summed E-state index contributed by atoms with van der Waals surface area (Å²) in [5.74, 6) is 3.13. The molecule has 9 rings (SSSR count). The molecule has 0 saturated heterocycles. The summed E-state index contributed by atoms with van der Waals surface area (Å²) in [5, 5.41) is 0. The average Bonchev–Trinajstić information content (AvgIpc) is 2.78. The first-order chi connectivity index (χ1) is 12.7. The van der Waals surface area contributed by atoms with Crippen LogP contribution in [0.25, 0.3) is 5.69 Å². The van der Waals surface area contributed by atoms with Crippen LogP contribution in [0.1, 0.15) is 44.2 Å². The predicted molar refractivity (Wildman–Crippen MR) is 94.3 cm³/mol. The van der Waals surface area contributed by atoms with Gasteiger partial charge in [0.15, 0.2) is 0 Å². The summed E-state index contributed by atoms with van der Waals surface area (Å²) in [6.07, 6.45) is 6.52. The highest BCUT2D eigenvalue weighted by Crippen LogP contribution is 3.03. The van der Waals surface area contributed by atoms with Crippen LogP contribution in [0.15, 0.2) is 39.9 Å². The van der Waals surface area contributed by atoms with Crippen LogP contribution in [0.3, 0.4) is 0 Å². The molecule has 2 spiro atoms. The molecule has 26 heavy (non-hydrogen) atoms. The van der Waals surface area contributed by atoms with Crippen molar-refractivity contribution in [3.63, 3.8) is 0 Å². The number of aromatic nitrogens is 3. The van der Waals surface area contributed by atoms with Crippen LogP contribution in [0.5, 0.6) is 0 Å². The zero-order valence-electron chi connectivity index (χ0n) is 14.5. The second-order valence-corrected chi connectivity index (χ2v) is 9.66. The topological polar surface area (TPSA) is 48.9 Å². The van der Waals surface area contributed by atoms with Gasteiger partial charge in [-0.1, -0.05) is 37.5 Å². The van der Waals surface area contributed by atoms with Crippen LogP contribution in [-0.4, -0.2) is 13.9 Å². The lowest BCUT2D eigenvalue weighted by atomic mass is 9.05. The van der Waals surface area contributed by atoms with Crippen LogP contribution in [0.4, 0.5) is 0 Å². The van der Waals surface area contributed by atoms with E-state index in [9.17, 15) is 9.59 Å². The van der Waals surface area contributed by atoms with Crippen LogP contribution in [0, 0.1) is 34.5 Å². The zero-order valence-corrected chi connectivity index (χ0v) is 14.5. The van der Waals surface area contributed by atoms with Gasteiger partial charge in [-0.25, -0.2) is 23.5 Å². The van der Waals surface area contributed by atoms with Gasteiger partial charge in [0.2, 0.25) is 0 Å². The maximum atomic E-state index is 13.4. The van der Waals surface area contributed by atoms with E-state index in [0.717, 1.165) is 11.8 Å². The number of hydrogen-bond donors (Lipinski definition) is 0. The molecule has 5 heteroatoms. The smallest absolute Gasteiger partial charge is 0.245 e. The molecule has 1 aromatic heterocycles. The number of hydrogen-bond acceptors (Lipinski definition) is 2. The minimum atomic E-state index is -0.101. The van der Waals surface area contributed by atoms with E-state index in [2.05, 4.69) is 0 Å². The van der Waals surface area contributed by atoms with E-state index >= 15 is 0 Å². The Labute approximate surface area is 150 Å². The van der Waals surface area contributed by atoms with Crippen LogP contribution in [-0.2, 0) is 0 Å². The average molecular weight is 347 g/mol. The lowest BCUT2D eigenvalue weighted by Gasteiger charge is -3.01. The molecular formula is C21H21N3O2. The van der Waals surface area contributed by atoms with Crippen molar-refractivity contribution in [3.05, 3.63) is 51.3 Å². The van der Waals surface area contributed by atoms with Gasteiger partial charge in [0.25, 0.3) is 0 Å². The van der Waals surface area contributed by atoms with Crippen molar-refractivity contribution in [1.82, 2.24) is 13.9 Å². The first-order valence-electron chi connectivity index (χ1n) is 10.3. The fourth-order valence-electron chi connectivity index (χ4n) is 9.52. The Morgan fingerprint density at radius 2 is 1.31 bits per heavy atom. The molecule has 7 aliphatic rings. The Morgan fingerprint density at radius 1 is 0.769 bits per heavy atom. The van der Waals surface area contributed by atoms with Crippen molar-refractivity contribution in [2.24, 2.45) is 34.5 Å². The van der Waals surface area contributed by atoms with Crippen molar-refractivity contribution in [1.29, 1.82) is 0 Å². The summed E-state index contributed by atoms with van der Waals surface area (Å²) < 4.78 is 5.28. The largest absolute Gasteiger partial charge is 0.352 e. The lowest BCUT2D eigenvalue weighted by molar-refractivity contribution is -0.552. The molecule has 2 aliphatic heterocycles. The highest BCUT2D eigenvalue weighted by molar-refractivity contribution is 5.48.